The molecule has 3 nitrogen and oxygen atoms in total. The van der Waals surface area contributed by atoms with Gasteiger partial charge in [0.15, 0.2) is 0 Å². The van der Waals surface area contributed by atoms with Gasteiger partial charge in [-0.05, 0) is 18.6 Å². The predicted octanol–water partition coefficient (Wildman–Crippen LogP) is 2.01. The molecule has 0 aromatic heterocycles. The van der Waals surface area contributed by atoms with E-state index in [0.29, 0.717) is 6.61 Å². The topological polar surface area (TPSA) is 47.6 Å². The zero-order chi connectivity index (χ0) is 10.2. The summed E-state index contributed by atoms with van der Waals surface area (Å²) in [5.41, 5.74) is 6.25. The van der Waals surface area contributed by atoms with Gasteiger partial charge in [-0.25, -0.2) is 4.99 Å². The van der Waals surface area contributed by atoms with Crippen LogP contribution in [0.25, 0.3) is 0 Å². The van der Waals surface area contributed by atoms with Crippen molar-refractivity contribution in [1.29, 1.82) is 0 Å². The Hall–Kier alpha value is -1.03. The molecular weight excluding hydrogens is 244 g/mol. The van der Waals surface area contributed by atoms with E-state index in [1.165, 1.54) is 0 Å². The third kappa shape index (κ3) is 1.50. The van der Waals surface area contributed by atoms with Crippen molar-refractivity contribution in [1.82, 2.24) is 0 Å². The van der Waals surface area contributed by atoms with Crippen molar-refractivity contribution in [3.8, 4) is 0 Å². The van der Waals surface area contributed by atoms with Crippen molar-refractivity contribution in [3.05, 3.63) is 34.3 Å². The van der Waals surface area contributed by atoms with Gasteiger partial charge in [0.05, 0.1) is 0 Å². The average molecular weight is 255 g/mol. The van der Waals surface area contributed by atoms with Crippen molar-refractivity contribution in [2.24, 2.45) is 10.7 Å². The second-order valence-electron chi connectivity index (χ2n) is 3.49. The largest absolute Gasteiger partial charge is 0.462 e. The van der Waals surface area contributed by atoms with Crippen LogP contribution in [0.4, 0.5) is 0 Å². The normalized spacial score (nSPS) is 25.7. The third-order valence-corrected chi connectivity index (χ3v) is 3.00. The van der Waals surface area contributed by atoms with Crippen LogP contribution >= 0.6 is 15.9 Å². The highest BCUT2D eigenvalue weighted by molar-refractivity contribution is 9.10. The van der Waals surface area contributed by atoms with Crippen LogP contribution in [0, 0.1) is 0 Å². The quantitative estimate of drug-likeness (QED) is 0.834. The smallest absolute Gasteiger partial charge is 0.283 e. The summed E-state index contributed by atoms with van der Waals surface area (Å²) in [5, 5.41) is 0. The van der Waals surface area contributed by atoms with E-state index in [1.54, 1.807) is 0 Å². The number of nitrogens with zero attached hydrogens (tertiary/aromatic N) is 1. The van der Waals surface area contributed by atoms with E-state index in [4.69, 9.17) is 10.5 Å². The second-order valence-corrected chi connectivity index (χ2v) is 4.35. The number of halogens is 1. The van der Waals surface area contributed by atoms with E-state index in [9.17, 15) is 0 Å². The Morgan fingerprint density at radius 1 is 1.50 bits per heavy atom. The number of ether oxygens (including phenoxy) is 1. The molecule has 1 unspecified atom stereocenters. The van der Waals surface area contributed by atoms with Crippen LogP contribution in [-0.2, 0) is 10.3 Å². The molecule has 0 spiro atoms. The molecule has 1 aliphatic heterocycles. The molecule has 2 N–H and O–H groups in total. The lowest BCUT2D eigenvalue weighted by atomic mass is 9.94. The van der Waals surface area contributed by atoms with E-state index in [0.717, 1.165) is 10.0 Å². The number of nitrogens with two attached hydrogens (primary N) is 1. The SMILES string of the molecule is CC1(c2ccccc2Br)COC(N)=N1. The first-order valence-corrected chi connectivity index (χ1v) is 5.14. The van der Waals surface area contributed by atoms with Gasteiger partial charge < -0.3 is 10.5 Å². The summed E-state index contributed by atoms with van der Waals surface area (Å²) in [5.74, 6) is 0. The molecular formula is C10H11BrN2O. The fraction of sp³-hybridized carbons (Fsp3) is 0.300. The van der Waals surface area contributed by atoms with Gasteiger partial charge in [0.1, 0.15) is 12.1 Å². The Kier molecular flexibility index (Phi) is 2.23. The molecule has 1 aromatic carbocycles. The highest BCUT2D eigenvalue weighted by atomic mass is 79.9. The monoisotopic (exact) mass is 254 g/mol. The van der Waals surface area contributed by atoms with Gasteiger partial charge >= 0.3 is 0 Å². The second kappa shape index (κ2) is 3.28. The number of hydrogen-bond acceptors (Lipinski definition) is 3. The lowest BCUT2D eigenvalue weighted by molar-refractivity contribution is 0.266. The average Bonchev–Trinajstić information content (AvgIpc) is 2.48. The van der Waals surface area contributed by atoms with Crippen LogP contribution in [0.15, 0.2) is 33.7 Å². The molecule has 0 bridgehead atoms. The molecule has 0 fully saturated rings. The minimum atomic E-state index is -0.357. The van der Waals surface area contributed by atoms with Crippen LogP contribution in [0.1, 0.15) is 12.5 Å². The molecule has 74 valence electrons. The fourth-order valence-corrected chi connectivity index (χ4v) is 2.27. The maximum absolute atomic E-state index is 5.51. The summed E-state index contributed by atoms with van der Waals surface area (Å²) in [4.78, 5) is 4.29. The molecule has 0 aliphatic carbocycles. The summed E-state index contributed by atoms with van der Waals surface area (Å²) in [6, 6.07) is 8.23. The van der Waals surface area contributed by atoms with Crippen molar-refractivity contribution in [3.63, 3.8) is 0 Å². The lowest BCUT2D eigenvalue weighted by Crippen LogP contribution is -2.21. The Morgan fingerprint density at radius 3 is 2.79 bits per heavy atom. The van der Waals surface area contributed by atoms with E-state index in [-0.39, 0.29) is 11.6 Å². The number of amidine groups is 1. The maximum Gasteiger partial charge on any atom is 0.283 e. The molecule has 2 rings (SSSR count). The Bertz CT molecular complexity index is 391. The lowest BCUT2D eigenvalue weighted by Gasteiger charge is -2.19. The molecule has 0 saturated carbocycles. The van der Waals surface area contributed by atoms with Crippen molar-refractivity contribution in [2.45, 2.75) is 12.5 Å². The predicted molar refractivity (Wildman–Crippen MR) is 59.1 cm³/mol. The summed E-state index contributed by atoms with van der Waals surface area (Å²) in [6.07, 6.45) is 0. The minimum Gasteiger partial charge on any atom is -0.462 e. The maximum atomic E-state index is 5.51. The van der Waals surface area contributed by atoms with Crippen LogP contribution < -0.4 is 5.73 Å². The van der Waals surface area contributed by atoms with Gasteiger partial charge in [-0.15, -0.1) is 0 Å². The van der Waals surface area contributed by atoms with Crippen molar-refractivity contribution in [2.75, 3.05) is 6.61 Å². The Labute approximate surface area is 91.1 Å². The molecule has 0 amide bonds. The zero-order valence-electron chi connectivity index (χ0n) is 7.83. The Balaban J connectivity index is 2.45. The summed E-state index contributed by atoms with van der Waals surface area (Å²) in [6.45, 7) is 2.51. The summed E-state index contributed by atoms with van der Waals surface area (Å²) >= 11 is 3.50. The van der Waals surface area contributed by atoms with Crippen LogP contribution in [0.3, 0.4) is 0 Å². The van der Waals surface area contributed by atoms with E-state index in [1.807, 2.05) is 31.2 Å². The molecule has 1 heterocycles. The molecule has 1 aromatic rings. The van der Waals surface area contributed by atoms with Crippen molar-refractivity contribution >= 4 is 22.0 Å². The van der Waals surface area contributed by atoms with Gasteiger partial charge in [0.2, 0.25) is 0 Å². The summed E-state index contributed by atoms with van der Waals surface area (Å²) in [7, 11) is 0. The highest BCUT2D eigenvalue weighted by Gasteiger charge is 2.34. The third-order valence-electron chi connectivity index (χ3n) is 2.31. The zero-order valence-corrected chi connectivity index (χ0v) is 9.41. The first kappa shape index (κ1) is 9.52. The highest BCUT2D eigenvalue weighted by Crippen LogP contribution is 2.34. The van der Waals surface area contributed by atoms with E-state index < -0.39 is 0 Å². The molecule has 4 heteroatoms. The molecule has 14 heavy (non-hydrogen) atoms. The van der Waals surface area contributed by atoms with Crippen LogP contribution in [0.2, 0.25) is 0 Å². The molecule has 1 atom stereocenters. The van der Waals surface area contributed by atoms with Gasteiger partial charge in [0, 0.05) is 4.47 Å². The first-order valence-electron chi connectivity index (χ1n) is 4.35. The van der Waals surface area contributed by atoms with Gasteiger partial charge in [-0.3, -0.25) is 0 Å². The number of rotatable bonds is 1. The number of benzene rings is 1. The minimum absolute atomic E-state index is 0.267. The first-order chi connectivity index (χ1) is 6.62. The fourth-order valence-electron chi connectivity index (χ4n) is 1.56. The molecule has 0 saturated heterocycles. The number of hydrogen-bond donors (Lipinski definition) is 1. The molecule has 1 aliphatic rings. The summed E-state index contributed by atoms with van der Waals surface area (Å²) < 4.78 is 6.22. The van der Waals surface area contributed by atoms with Crippen LogP contribution in [-0.4, -0.2) is 12.6 Å². The standard InChI is InChI=1S/C10H11BrN2O/c1-10(6-14-9(12)13-10)7-4-2-3-5-8(7)11/h2-5H,6H2,1H3,(H2,12,13). The molecule has 0 radical (unpaired) electrons. The van der Waals surface area contributed by atoms with Crippen molar-refractivity contribution < 1.29 is 4.74 Å². The number of aliphatic imine (C=N–C) groups is 1. The van der Waals surface area contributed by atoms with Gasteiger partial charge in [0.25, 0.3) is 6.02 Å². The van der Waals surface area contributed by atoms with Gasteiger partial charge in [-0.2, -0.15) is 0 Å². The van der Waals surface area contributed by atoms with E-state index in [2.05, 4.69) is 20.9 Å². The van der Waals surface area contributed by atoms with Crippen LogP contribution in [0.5, 0.6) is 0 Å². The van der Waals surface area contributed by atoms with Gasteiger partial charge in [-0.1, -0.05) is 34.1 Å². The Morgan fingerprint density at radius 2 is 2.21 bits per heavy atom. The van der Waals surface area contributed by atoms with E-state index >= 15 is 0 Å².